The zero-order chi connectivity index (χ0) is 11.8. The van der Waals surface area contributed by atoms with Crippen molar-refractivity contribution in [1.29, 1.82) is 0 Å². The monoisotopic (exact) mass is 242 g/mol. The number of hydrogen-bond acceptors (Lipinski definition) is 3. The number of carbonyl (C=O) groups is 1. The van der Waals surface area contributed by atoms with Gasteiger partial charge in [0, 0.05) is 11.3 Å². The van der Waals surface area contributed by atoms with Crippen LogP contribution in [0.5, 0.6) is 0 Å². The zero-order valence-corrected chi connectivity index (χ0v) is 9.73. The Morgan fingerprint density at radius 2 is 2.00 bits per heavy atom. The first-order valence-corrected chi connectivity index (χ1v) is 6.09. The topological polar surface area (TPSA) is 55.1 Å². The first-order chi connectivity index (χ1) is 7.72. The van der Waals surface area contributed by atoms with Gasteiger partial charge in [0.15, 0.2) is 0 Å². The van der Waals surface area contributed by atoms with Crippen molar-refractivity contribution in [2.24, 2.45) is 5.84 Å². The number of halogens is 1. The highest BCUT2D eigenvalue weighted by atomic mass is 32.2. The van der Waals surface area contributed by atoms with Crippen molar-refractivity contribution in [2.75, 3.05) is 5.75 Å². The highest BCUT2D eigenvalue weighted by molar-refractivity contribution is 7.99. The van der Waals surface area contributed by atoms with E-state index in [0.29, 0.717) is 6.42 Å². The number of carbonyl (C=O) groups excluding carboxylic acids is 1. The van der Waals surface area contributed by atoms with Gasteiger partial charge in [0.1, 0.15) is 5.82 Å². The third kappa shape index (κ3) is 5.14. The molecule has 0 unspecified atom stereocenters. The number of unbranched alkanes of at least 4 members (excludes halogenated alkanes) is 1. The molecule has 0 aliphatic heterocycles. The fourth-order valence-corrected chi connectivity index (χ4v) is 2.09. The lowest BCUT2D eigenvalue weighted by atomic mass is 10.2. The van der Waals surface area contributed by atoms with Crippen LogP contribution >= 0.6 is 11.8 Å². The van der Waals surface area contributed by atoms with Crippen molar-refractivity contribution in [3.63, 3.8) is 0 Å². The summed E-state index contributed by atoms with van der Waals surface area (Å²) in [4.78, 5) is 11.8. The van der Waals surface area contributed by atoms with Gasteiger partial charge >= 0.3 is 0 Å². The second-order valence-electron chi connectivity index (χ2n) is 3.33. The number of nitrogens with two attached hydrogens (primary N) is 1. The molecule has 1 amide bonds. The minimum absolute atomic E-state index is 0.133. The maximum Gasteiger partial charge on any atom is 0.233 e. The SMILES string of the molecule is NNC(=O)CCCCSc1ccc(F)cc1. The first kappa shape index (κ1) is 13.0. The predicted octanol–water partition coefficient (Wildman–Crippen LogP) is 2.08. The summed E-state index contributed by atoms with van der Waals surface area (Å²) in [6.45, 7) is 0. The van der Waals surface area contributed by atoms with Crippen LogP contribution in [0, 0.1) is 5.82 Å². The average molecular weight is 242 g/mol. The van der Waals surface area contributed by atoms with Gasteiger partial charge in [-0.05, 0) is 42.9 Å². The smallest absolute Gasteiger partial charge is 0.233 e. The molecule has 3 nitrogen and oxygen atoms in total. The van der Waals surface area contributed by atoms with E-state index in [0.717, 1.165) is 23.5 Å². The van der Waals surface area contributed by atoms with Gasteiger partial charge < -0.3 is 0 Å². The summed E-state index contributed by atoms with van der Waals surface area (Å²) in [6.07, 6.45) is 2.22. The van der Waals surface area contributed by atoms with Gasteiger partial charge in [-0.1, -0.05) is 0 Å². The van der Waals surface area contributed by atoms with E-state index in [9.17, 15) is 9.18 Å². The molecular formula is C11H15FN2OS. The lowest BCUT2D eigenvalue weighted by Gasteiger charge is -2.01. The number of rotatable bonds is 6. The summed E-state index contributed by atoms with van der Waals surface area (Å²) in [5, 5.41) is 0. The molecule has 0 radical (unpaired) electrons. The van der Waals surface area contributed by atoms with Gasteiger partial charge in [-0.3, -0.25) is 10.2 Å². The van der Waals surface area contributed by atoms with Crippen molar-refractivity contribution < 1.29 is 9.18 Å². The number of nitrogens with one attached hydrogen (secondary N) is 1. The van der Waals surface area contributed by atoms with E-state index in [1.807, 2.05) is 0 Å². The number of hydrogen-bond donors (Lipinski definition) is 2. The van der Waals surface area contributed by atoms with Gasteiger partial charge in [-0.2, -0.15) is 0 Å². The largest absolute Gasteiger partial charge is 0.294 e. The fraction of sp³-hybridized carbons (Fsp3) is 0.364. The number of hydrazine groups is 1. The molecule has 16 heavy (non-hydrogen) atoms. The molecule has 0 aromatic heterocycles. The first-order valence-electron chi connectivity index (χ1n) is 5.10. The van der Waals surface area contributed by atoms with Crippen molar-refractivity contribution >= 4 is 17.7 Å². The van der Waals surface area contributed by atoms with Crippen LogP contribution in [0.2, 0.25) is 0 Å². The molecule has 0 bridgehead atoms. The van der Waals surface area contributed by atoms with Crippen LogP contribution in [0.4, 0.5) is 4.39 Å². The molecule has 5 heteroatoms. The summed E-state index contributed by atoms with van der Waals surface area (Å²) >= 11 is 1.66. The highest BCUT2D eigenvalue weighted by Gasteiger charge is 1.98. The second-order valence-corrected chi connectivity index (χ2v) is 4.50. The van der Waals surface area contributed by atoms with E-state index >= 15 is 0 Å². The molecule has 0 saturated carbocycles. The number of thioether (sulfide) groups is 1. The number of amides is 1. The minimum Gasteiger partial charge on any atom is -0.294 e. The van der Waals surface area contributed by atoms with Gasteiger partial charge in [0.2, 0.25) is 5.91 Å². The second kappa shape index (κ2) is 7.24. The minimum atomic E-state index is -0.219. The van der Waals surface area contributed by atoms with E-state index in [-0.39, 0.29) is 11.7 Å². The molecule has 0 aliphatic carbocycles. The average Bonchev–Trinajstić information content (AvgIpc) is 2.31. The summed E-state index contributed by atoms with van der Waals surface area (Å²) in [5.74, 6) is 5.52. The highest BCUT2D eigenvalue weighted by Crippen LogP contribution is 2.19. The molecule has 0 spiro atoms. The maximum atomic E-state index is 12.6. The van der Waals surface area contributed by atoms with Crippen LogP contribution < -0.4 is 11.3 Å². The Hall–Kier alpha value is -1.07. The van der Waals surface area contributed by atoms with Crippen LogP contribution in [-0.4, -0.2) is 11.7 Å². The molecule has 0 fully saturated rings. The predicted molar refractivity (Wildman–Crippen MR) is 63.3 cm³/mol. The molecule has 1 rings (SSSR count). The van der Waals surface area contributed by atoms with Crippen molar-refractivity contribution in [3.8, 4) is 0 Å². The van der Waals surface area contributed by atoms with Crippen LogP contribution in [0.1, 0.15) is 19.3 Å². The van der Waals surface area contributed by atoms with Crippen LogP contribution in [0.3, 0.4) is 0 Å². The van der Waals surface area contributed by atoms with Crippen LogP contribution in [-0.2, 0) is 4.79 Å². The molecule has 88 valence electrons. The molecule has 0 aliphatic rings. The Morgan fingerprint density at radius 1 is 1.31 bits per heavy atom. The standard InChI is InChI=1S/C11H15FN2OS/c12-9-4-6-10(7-5-9)16-8-2-1-3-11(15)14-13/h4-7H,1-3,8,13H2,(H,14,15). The fourth-order valence-electron chi connectivity index (χ4n) is 1.18. The summed E-state index contributed by atoms with van der Waals surface area (Å²) in [6, 6.07) is 6.41. The van der Waals surface area contributed by atoms with Gasteiger partial charge in [0.25, 0.3) is 0 Å². The van der Waals surface area contributed by atoms with E-state index in [1.165, 1.54) is 12.1 Å². The normalized spacial score (nSPS) is 10.1. The Morgan fingerprint density at radius 3 is 2.62 bits per heavy atom. The van der Waals surface area contributed by atoms with Crippen molar-refractivity contribution in [3.05, 3.63) is 30.1 Å². The third-order valence-corrected chi connectivity index (χ3v) is 3.14. The molecule has 0 saturated heterocycles. The lowest BCUT2D eigenvalue weighted by molar-refractivity contribution is -0.121. The molecule has 0 atom stereocenters. The van der Waals surface area contributed by atoms with Gasteiger partial charge in [0.05, 0.1) is 0 Å². The molecule has 1 aromatic rings. The van der Waals surface area contributed by atoms with Gasteiger partial charge in [-0.25, -0.2) is 10.2 Å². The lowest BCUT2D eigenvalue weighted by Crippen LogP contribution is -2.29. The molecular weight excluding hydrogens is 227 g/mol. The molecule has 0 heterocycles. The zero-order valence-electron chi connectivity index (χ0n) is 8.91. The summed E-state index contributed by atoms with van der Waals surface area (Å²) in [7, 11) is 0. The van der Waals surface area contributed by atoms with Crippen LogP contribution in [0.15, 0.2) is 29.2 Å². The van der Waals surface area contributed by atoms with E-state index < -0.39 is 0 Å². The van der Waals surface area contributed by atoms with Crippen LogP contribution in [0.25, 0.3) is 0 Å². The van der Waals surface area contributed by atoms with Gasteiger partial charge in [-0.15, -0.1) is 11.8 Å². The van der Waals surface area contributed by atoms with Crippen molar-refractivity contribution in [2.45, 2.75) is 24.2 Å². The van der Waals surface area contributed by atoms with E-state index in [4.69, 9.17) is 5.84 Å². The molecule has 1 aromatic carbocycles. The summed E-state index contributed by atoms with van der Waals surface area (Å²) in [5.41, 5.74) is 2.09. The maximum absolute atomic E-state index is 12.6. The molecule has 3 N–H and O–H groups in total. The summed E-state index contributed by atoms with van der Waals surface area (Å²) < 4.78 is 12.6. The Labute approximate surface area is 98.6 Å². The van der Waals surface area contributed by atoms with E-state index in [1.54, 1.807) is 23.9 Å². The van der Waals surface area contributed by atoms with E-state index in [2.05, 4.69) is 5.43 Å². The third-order valence-electron chi connectivity index (χ3n) is 2.04. The number of benzene rings is 1. The van der Waals surface area contributed by atoms with Crippen molar-refractivity contribution in [1.82, 2.24) is 5.43 Å². The Kier molecular flexibility index (Phi) is 5.88. The Balaban J connectivity index is 2.11. The Bertz CT molecular complexity index is 329. The quantitative estimate of drug-likeness (QED) is 0.264.